The van der Waals surface area contributed by atoms with Crippen molar-refractivity contribution < 1.29 is 0 Å². The highest BCUT2D eigenvalue weighted by atomic mass is 32.1. The van der Waals surface area contributed by atoms with Crippen molar-refractivity contribution in [3.8, 4) is 16.4 Å². The van der Waals surface area contributed by atoms with Gasteiger partial charge in [-0.2, -0.15) is 10.2 Å². The van der Waals surface area contributed by atoms with Gasteiger partial charge in [0.15, 0.2) is 10.6 Å². The lowest BCUT2D eigenvalue weighted by molar-refractivity contribution is 0.767. The highest BCUT2D eigenvalue weighted by molar-refractivity contribution is 7.71. The second kappa shape index (κ2) is 3.94. The van der Waals surface area contributed by atoms with E-state index in [1.165, 1.54) is 0 Å². The molecule has 0 aromatic carbocycles. The molecule has 0 fully saturated rings. The number of hydrogen-bond acceptors (Lipinski definition) is 4. The second-order valence-corrected chi connectivity index (χ2v) is 4.87. The summed E-state index contributed by atoms with van der Waals surface area (Å²) in [5.74, 6) is 0.818. The monoisotopic (exact) mass is 263 g/mol. The fraction of sp³-hybridized carbons (Fsp3) is 0.100. The van der Waals surface area contributed by atoms with Gasteiger partial charge in [-0.05, 0) is 23.7 Å². The van der Waals surface area contributed by atoms with Gasteiger partial charge in [-0.15, -0.1) is 11.3 Å². The number of H-pyrrole nitrogens is 1. The standard InChI is InChI=1S/C10H9N5S2/c1-14-6-7(5-11-14)15-9(12-13-10(15)16)8-3-2-4-17-8/h2-6H,1H3,(H,13,16). The molecule has 0 aliphatic heterocycles. The van der Waals surface area contributed by atoms with Crippen molar-refractivity contribution in [2.45, 2.75) is 0 Å². The summed E-state index contributed by atoms with van der Waals surface area (Å²) in [6.45, 7) is 0. The van der Waals surface area contributed by atoms with Crippen molar-refractivity contribution in [1.29, 1.82) is 0 Å². The van der Waals surface area contributed by atoms with Crippen LogP contribution in [0.3, 0.4) is 0 Å². The Labute approximate surface area is 106 Å². The number of aromatic nitrogens is 5. The van der Waals surface area contributed by atoms with Crippen LogP contribution in [0.2, 0.25) is 0 Å². The molecule has 0 atom stereocenters. The molecule has 0 radical (unpaired) electrons. The summed E-state index contributed by atoms with van der Waals surface area (Å²) >= 11 is 6.88. The Kier molecular flexibility index (Phi) is 2.41. The zero-order valence-corrected chi connectivity index (χ0v) is 10.6. The molecule has 5 nitrogen and oxygen atoms in total. The number of nitrogens with one attached hydrogen (secondary N) is 1. The van der Waals surface area contributed by atoms with Gasteiger partial charge < -0.3 is 0 Å². The molecule has 0 unspecified atom stereocenters. The minimum atomic E-state index is 0.571. The summed E-state index contributed by atoms with van der Waals surface area (Å²) in [6.07, 6.45) is 3.67. The van der Waals surface area contributed by atoms with E-state index in [-0.39, 0.29) is 0 Å². The lowest BCUT2D eigenvalue weighted by Gasteiger charge is -2.00. The van der Waals surface area contributed by atoms with Gasteiger partial charge in [-0.1, -0.05) is 6.07 Å². The highest BCUT2D eigenvalue weighted by Gasteiger charge is 2.12. The first-order valence-corrected chi connectivity index (χ1v) is 6.25. The number of aryl methyl sites for hydroxylation is 1. The number of rotatable bonds is 2. The minimum Gasteiger partial charge on any atom is -0.274 e. The third-order valence-corrected chi connectivity index (χ3v) is 3.50. The zero-order chi connectivity index (χ0) is 11.8. The first kappa shape index (κ1) is 10.4. The largest absolute Gasteiger partial charge is 0.274 e. The van der Waals surface area contributed by atoms with Crippen LogP contribution in [0, 0.1) is 4.77 Å². The maximum absolute atomic E-state index is 5.25. The molecule has 17 heavy (non-hydrogen) atoms. The predicted octanol–water partition coefficient (Wildman–Crippen LogP) is 2.39. The smallest absolute Gasteiger partial charge is 0.200 e. The Hall–Kier alpha value is -1.73. The van der Waals surface area contributed by atoms with Gasteiger partial charge in [0.05, 0.1) is 16.8 Å². The van der Waals surface area contributed by atoms with Gasteiger partial charge in [-0.25, -0.2) is 0 Å². The maximum atomic E-state index is 5.25. The van der Waals surface area contributed by atoms with Crippen LogP contribution in [0.15, 0.2) is 29.9 Å². The molecule has 3 aromatic rings. The summed E-state index contributed by atoms with van der Waals surface area (Å²) in [5, 5.41) is 13.2. The van der Waals surface area contributed by atoms with Crippen molar-refractivity contribution in [1.82, 2.24) is 24.5 Å². The molecule has 0 aliphatic carbocycles. The molecule has 0 spiro atoms. The summed E-state index contributed by atoms with van der Waals surface area (Å²) in [5.41, 5.74) is 0.912. The van der Waals surface area contributed by atoms with E-state index >= 15 is 0 Å². The average molecular weight is 263 g/mol. The number of thiophene rings is 1. The lowest BCUT2D eigenvalue weighted by Crippen LogP contribution is -1.95. The summed E-state index contributed by atoms with van der Waals surface area (Å²) in [7, 11) is 1.87. The fourth-order valence-electron chi connectivity index (χ4n) is 1.63. The first-order chi connectivity index (χ1) is 8.25. The van der Waals surface area contributed by atoms with E-state index in [0.29, 0.717) is 4.77 Å². The van der Waals surface area contributed by atoms with Crippen molar-refractivity contribution >= 4 is 23.6 Å². The van der Waals surface area contributed by atoms with Gasteiger partial charge in [0, 0.05) is 13.2 Å². The van der Waals surface area contributed by atoms with Gasteiger partial charge in [0.25, 0.3) is 0 Å². The van der Waals surface area contributed by atoms with Gasteiger partial charge in [0.1, 0.15) is 0 Å². The topological polar surface area (TPSA) is 51.4 Å². The Morgan fingerprint density at radius 1 is 1.47 bits per heavy atom. The second-order valence-electron chi connectivity index (χ2n) is 3.54. The summed E-state index contributed by atoms with van der Waals surface area (Å²) < 4.78 is 4.19. The van der Waals surface area contributed by atoms with Crippen LogP contribution in [0.1, 0.15) is 0 Å². The first-order valence-electron chi connectivity index (χ1n) is 4.96. The van der Waals surface area contributed by atoms with Gasteiger partial charge in [0.2, 0.25) is 0 Å². The van der Waals surface area contributed by atoms with Crippen LogP contribution >= 0.6 is 23.6 Å². The molecule has 0 amide bonds. The molecule has 0 bridgehead atoms. The Morgan fingerprint density at radius 2 is 2.35 bits per heavy atom. The summed E-state index contributed by atoms with van der Waals surface area (Å²) in [4.78, 5) is 1.07. The van der Waals surface area contributed by atoms with Gasteiger partial charge >= 0.3 is 0 Å². The molecule has 0 aliphatic rings. The van der Waals surface area contributed by atoms with E-state index in [2.05, 4.69) is 15.3 Å². The highest BCUT2D eigenvalue weighted by Crippen LogP contribution is 2.25. The van der Waals surface area contributed by atoms with Crippen LogP contribution < -0.4 is 0 Å². The van der Waals surface area contributed by atoms with Crippen LogP contribution in [0.5, 0.6) is 0 Å². The molecule has 3 rings (SSSR count). The van der Waals surface area contributed by atoms with E-state index in [0.717, 1.165) is 16.4 Å². The molecular formula is C10H9N5S2. The van der Waals surface area contributed by atoms with E-state index in [1.807, 2.05) is 35.3 Å². The molecule has 0 saturated carbocycles. The number of hydrogen-bond donors (Lipinski definition) is 1. The Balaban J connectivity index is 2.23. The van der Waals surface area contributed by atoms with E-state index < -0.39 is 0 Å². The van der Waals surface area contributed by atoms with Crippen molar-refractivity contribution in [3.63, 3.8) is 0 Å². The maximum Gasteiger partial charge on any atom is 0.200 e. The van der Waals surface area contributed by atoms with E-state index in [9.17, 15) is 0 Å². The van der Waals surface area contributed by atoms with Crippen LogP contribution in [-0.4, -0.2) is 24.5 Å². The number of nitrogens with zero attached hydrogens (tertiary/aromatic N) is 4. The third-order valence-electron chi connectivity index (χ3n) is 2.36. The summed E-state index contributed by atoms with van der Waals surface area (Å²) in [6, 6.07) is 4.01. The minimum absolute atomic E-state index is 0.571. The van der Waals surface area contributed by atoms with Crippen LogP contribution in [0.25, 0.3) is 16.4 Å². The molecule has 7 heteroatoms. The quantitative estimate of drug-likeness (QED) is 0.722. The third kappa shape index (κ3) is 1.73. The lowest BCUT2D eigenvalue weighted by atomic mass is 10.4. The molecular weight excluding hydrogens is 254 g/mol. The zero-order valence-electron chi connectivity index (χ0n) is 8.99. The molecule has 86 valence electrons. The van der Waals surface area contributed by atoms with Crippen molar-refractivity contribution in [3.05, 3.63) is 34.7 Å². The fourth-order valence-corrected chi connectivity index (χ4v) is 2.57. The molecule has 1 N–H and O–H groups in total. The molecule has 3 heterocycles. The molecule has 0 saturated heterocycles. The normalized spacial score (nSPS) is 10.9. The van der Waals surface area contributed by atoms with Crippen molar-refractivity contribution in [2.24, 2.45) is 7.05 Å². The van der Waals surface area contributed by atoms with Gasteiger partial charge in [-0.3, -0.25) is 14.3 Å². The SMILES string of the molecule is Cn1cc(-n2c(-c3cccs3)n[nH]c2=S)cn1. The van der Waals surface area contributed by atoms with E-state index in [4.69, 9.17) is 12.2 Å². The van der Waals surface area contributed by atoms with Crippen LogP contribution in [0.4, 0.5) is 0 Å². The number of aromatic amines is 1. The Bertz CT molecular complexity index is 688. The Morgan fingerprint density at radius 3 is 3.00 bits per heavy atom. The van der Waals surface area contributed by atoms with E-state index in [1.54, 1.807) is 22.2 Å². The average Bonchev–Trinajstić information content (AvgIpc) is 2.97. The van der Waals surface area contributed by atoms with Crippen molar-refractivity contribution in [2.75, 3.05) is 0 Å². The molecule has 3 aromatic heterocycles. The van der Waals surface area contributed by atoms with Crippen LogP contribution in [-0.2, 0) is 7.05 Å². The predicted molar refractivity (Wildman–Crippen MR) is 68.8 cm³/mol.